The summed E-state index contributed by atoms with van der Waals surface area (Å²) in [6.07, 6.45) is -4.26. The molecule has 1 aromatic heterocycles. The molecule has 0 saturated carbocycles. The molecular formula is C22H20F3N3O3. The van der Waals surface area contributed by atoms with Crippen molar-refractivity contribution in [3.05, 3.63) is 65.5 Å². The number of likely N-dealkylation sites (tertiary alicyclic amines) is 1. The second kappa shape index (κ2) is 8.41. The Bertz CT molecular complexity index is 1080. The number of carbonyl (C=O) groups is 1. The van der Waals surface area contributed by atoms with Crippen LogP contribution in [0, 0.1) is 0 Å². The second-order valence-electron chi connectivity index (χ2n) is 7.25. The summed E-state index contributed by atoms with van der Waals surface area (Å²) >= 11 is 0. The molecule has 162 valence electrons. The van der Waals surface area contributed by atoms with E-state index in [1.807, 2.05) is 31.2 Å². The highest BCUT2D eigenvalue weighted by atomic mass is 19.4. The van der Waals surface area contributed by atoms with E-state index in [0.717, 1.165) is 23.4 Å². The van der Waals surface area contributed by atoms with Gasteiger partial charge in [0.05, 0.1) is 18.1 Å². The number of ether oxygens (including phenoxy) is 1. The maximum atomic E-state index is 13.0. The summed E-state index contributed by atoms with van der Waals surface area (Å²) in [6, 6.07) is 12.3. The van der Waals surface area contributed by atoms with Crippen molar-refractivity contribution < 1.29 is 27.2 Å². The monoisotopic (exact) mass is 431 g/mol. The molecule has 1 unspecified atom stereocenters. The fourth-order valence-corrected chi connectivity index (χ4v) is 3.58. The zero-order valence-electron chi connectivity index (χ0n) is 16.7. The molecule has 3 aromatic rings. The molecule has 1 fully saturated rings. The third kappa shape index (κ3) is 4.55. The predicted octanol–water partition coefficient (Wildman–Crippen LogP) is 4.67. The van der Waals surface area contributed by atoms with E-state index in [9.17, 15) is 18.0 Å². The number of amides is 1. The van der Waals surface area contributed by atoms with E-state index in [2.05, 4.69) is 10.1 Å². The molecule has 2 heterocycles. The summed E-state index contributed by atoms with van der Waals surface area (Å²) in [5.74, 6) is 0.648. The van der Waals surface area contributed by atoms with Gasteiger partial charge in [0.25, 0.3) is 0 Å². The van der Waals surface area contributed by atoms with Gasteiger partial charge < -0.3 is 14.2 Å². The van der Waals surface area contributed by atoms with E-state index in [-0.39, 0.29) is 35.5 Å². The van der Waals surface area contributed by atoms with Crippen molar-refractivity contribution in [3.63, 3.8) is 0 Å². The minimum atomic E-state index is -4.46. The average molecular weight is 431 g/mol. The molecule has 1 amide bonds. The predicted molar refractivity (Wildman–Crippen MR) is 105 cm³/mol. The van der Waals surface area contributed by atoms with Crippen LogP contribution in [0.5, 0.6) is 5.75 Å². The number of para-hydroxylation sites is 1. The number of carbonyl (C=O) groups excluding carboxylic acids is 1. The largest absolute Gasteiger partial charge is 0.494 e. The lowest BCUT2D eigenvalue weighted by Gasteiger charge is -2.18. The SMILES string of the molecule is CCOc1ccccc1CN1CC(c2nc(-c3cccc(C(F)(F)F)c3)no2)CC1=O. The molecule has 0 radical (unpaired) electrons. The number of aromatic nitrogens is 2. The highest BCUT2D eigenvalue weighted by Gasteiger charge is 2.35. The van der Waals surface area contributed by atoms with Crippen molar-refractivity contribution in [2.45, 2.75) is 32.0 Å². The second-order valence-corrected chi connectivity index (χ2v) is 7.25. The number of nitrogens with zero attached hydrogens (tertiary/aromatic N) is 3. The van der Waals surface area contributed by atoms with Crippen LogP contribution in [-0.2, 0) is 17.5 Å². The summed E-state index contributed by atoms with van der Waals surface area (Å²) in [4.78, 5) is 18.5. The standard InChI is InChI=1S/C22H20F3N3O3/c1-2-30-18-9-4-3-6-15(18)12-28-13-16(11-19(28)29)21-26-20(27-31-21)14-7-5-8-17(10-14)22(23,24)25/h3-10,16H,2,11-13H2,1H3. The normalized spacial score (nSPS) is 16.7. The Morgan fingerprint density at radius 1 is 1.19 bits per heavy atom. The highest BCUT2D eigenvalue weighted by molar-refractivity contribution is 5.79. The van der Waals surface area contributed by atoms with Gasteiger partial charge in [-0.2, -0.15) is 18.2 Å². The van der Waals surface area contributed by atoms with Crippen LogP contribution in [0.25, 0.3) is 11.4 Å². The Morgan fingerprint density at radius 3 is 2.77 bits per heavy atom. The first-order chi connectivity index (χ1) is 14.8. The van der Waals surface area contributed by atoms with Crippen LogP contribution < -0.4 is 4.74 Å². The molecule has 1 aliphatic heterocycles. The van der Waals surface area contributed by atoms with Gasteiger partial charge >= 0.3 is 6.18 Å². The quantitative estimate of drug-likeness (QED) is 0.567. The van der Waals surface area contributed by atoms with Crippen LogP contribution in [0.4, 0.5) is 13.2 Å². The number of alkyl halides is 3. The Balaban J connectivity index is 1.49. The molecule has 0 N–H and O–H groups in total. The third-order valence-electron chi connectivity index (χ3n) is 5.09. The summed E-state index contributed by atoms with van der Waals surface area (Å²) in [5.41, 5.74) is 0.316. The van der Waals surface area contributed by atoms with E-state index < -0.39 is 11.7 Å². The lowest BCUT2D eigenvalue weighted by molar-refractivity contribution is -0.137. The fraction of sp³-hybridized carbons (Fsp3) is 0.318. The number of hydrogen-bond donors (Lipinski definition) is 0. The van der Waals surface area contributed by atoms with Gasteiger partial charge in [-0.3, -0.25) is 4.79 Å². The molecule has 4 rings (SSSR count). The van der Waals surface area contributed by atoms with Gasteiger partial charge in [-0.25, -0.2) is 0 Å². The molecule has 1 aliphatic rings. The van der Waals surface area contributed by atoms with Crippen molar-refractivity contribution in [3.8, 4) is 17.1 Å². The lowest BCUT2D eigenvalue weighted by Crippen LogP contribution is -2.24. The van der Waals surface area contributed by atoms with E-state index in [1.54, 1.807) is 4.90 Å². The topological polar surface area (TPSA) is 68.5 Å². The smallest absolute Gasteiger partial charge is 0.416 e. The zero-order chi connectivity index (χ0) is 22.0. The van der Waals surface area contributed by atoms with Gasteiger partial charge in [0.15, 0.2) is 0 Å². The van der Waals surface area contributed by atoms with Crippen LogP contribution in [0.2, 0.25) is 0 Å². The number of hydrogen-bond acceptors (Lipinski definition) is 5. The molecular weight excluding hydrogens is 411 g/mol. The van der Waals surface area contributed by atoms with Crippen molar-refractivity contribution in [1.29, 1.82) is 0 Å². The summed E-state index contributed by atoms with van der Waals surface area (Å²) in [5, 5.41) is 3.82. The summed E-state index contributed by atoms with van der Waals surface area (Å²) in [6.45, 7) is 3.18. The highest BCUT2D eigenvalue weighted by Crippen LogP contribution is 2.33. The summed E-state index contributed by atoms with van der Waals surface area (Å²) < 4.78 is 49.8. The maximum absolute atomic E-state index is 13.0. The third-order valence-corrected chi connectivity index (χ3v) is 5.09. The first kappa shape index (κ1) is 20.9. The number of halogens is 3. The molecule has 2 aromatic carbocycles. The van der Waals surface area contributed by atoms with Crippen molar-refractivity contribution in [2.75, 3.05) is 13.2 Å². The minimum Gasteiger partial charge on any atom is -0.494 e. The average Bonchev–Trinajstić information content (AvgIpc) is 3.37. The van der Waals surface area contributed by atoms with Gasteiger partial charge in [-0.15, -0.1) is 0 Å². The van der Waals surface area contributed by atoms with E-state index >= 15 is 0 Å². The van der Waals surface area contributed by atoms with E-state index in [1.165, 1.54) is 12.1 Å². The van der Waals surface area contributed by atoms with Crippen molar-refractivity contribution >= 4 is 5.91 Å². The molecule has 9 heteroatoms. The van der Waals surface area contributed by atoms with E-state index in [4.69, 9.17) is 9.26 Å². The zero-order valence-corrected chi connectivity index (χ0v) is 16.7. The van der Waals surface area contributed by atoms with Crippen LogP contribution in [-0.4, -0.2) is 34.1 Å². The van der Waals surface area contributed by atoms with Crippen LogP contribution in [0.1, 0.15) is 36.3 Å². The first-order valence-electron chi connectivity index (χ1n) is 9.85. The molecule has 31 heavy (non-hydrogen) atoms. The minimum absolute atomic E-state index is 0.0601. The van der Waals surface area contributed by atoms with Crippen LogP contribution in [0.3, 0.4) is 0 Å². The van der Waals surface area contributed by atoms with Crippen LogP contribution >= 0.6 is 0 Å². The maximum Gasteiger partial charge on any atom is 0.416 e. The fourth-order valence-electron chi connectivity index (χ4n) is 3.58. The van der Waals surface area contributed by atoms with E-state index in [0.29, 0.717) is 19.7 Å². The Kier molecular flexibility index (Phi) is 5.67. The van der Waals surface area contributed by atoms with Gasteiger partial charge in [-0.05, 0) is 25.1 Å². The Labute approximate surface area is 176 Å². The Morgan fingerprint density at radius 2 is 2.00 bits per heavy atom. The Hall–Kier alpha value is -3.36. The number of rotatable bonds is 6. The summed E-state index contributed by atoms with van der Waals surface area (Å²) in [7, 11) is 0. The molecule has 0 spiro atoms. The first-order valence-corrected chi connectivity index (χ1v) is 9.85. The van der Waals surface area contributed by atoms with Gasteiger partial charge in [0.1, 0.15) is 5.75 Å². The van der Waals surface area contributed by atoms with Crippen molar-refractivity contribution in [2.24, 2.45) is 0 Å². The molecule has 1 atom stereocenters. The number of benzene rings is 2. The van der Waals surface area contributed by atoms with Crippen LogP contribution in [0.15, 0.2) is 53.1 Å². The van der Waals surface area contributed by atoms with Crippen molar-refractivity contribution in [1.82, 2.24) is 15.0 Å². The molecule has 0 bridgehead atoms. The van der Waals surface area contributed by atoms with Gasteiger partial charge in [0, 0.05) is 30.6 Å². The van der Waals surface area contributed by atoms with Gasteiger partial charge in [0.2, 0.25) is 17.6 Å². The van der Waals surface area contributed by atoms with Gasteiger partial charge in [-0.1, -0.05) is 35.5 Å². The molecule has 0 aliphatic carbocycles. The lowest BCUT2D eigenvalue weighted by atomic mass is 10.1. The molecule has 1 saturated heterocycles. The molecule has 6 nitrogen and oxygen atoms in total.